The summed E-state index contributed by atoms with van der Waals surface area (Å²) in [7, 11) is 10.2. The van der Waals surface area contributed by atoms with Gasteiger partial charge in [0.1, 0.15) is 36.3 Å². The lowest BCUT2D eigenvalue weighted by atomic mass is 9.84. The zero-order chi connectivity index (χ0) is 70.7. The Hall–Kier alpha value is -6.16. The van der Waals surface area contributed by atoms with Crippen molar-refractivity contribution in [3.63, 3.8) is 0 Å². The zero-order valence-corrected chi connectivity index (χ0v) is 60.5. The highest BCUT2D eigenvalue weighted by Gasteiger charge is 2.46. The number of ketones is 3. The van der Waals surface area contributed by atoms with Crippen molar-refractivity contribution in [3.8, 4) is 0 Å². The number of carbonyl (C=O) groups is 11. The number of aliphatic hydroxyl groups is 1. The van der Waals surface area contributed by atoms with Crippen LogP contribution in [0.2, 0.25) is 0 Å². The Morgan fingerprint density at radius 1 is 0.500 bits per heavy atom. The molecule has 8 amide bonds. The molecule has 1 fully saturated rings. The van der Waals surface area contributed by atoms with Crippen LogP contribution in [-0.4, -0.2) is 219 Å². The summed E-state index contributed by atoms with van der Waals surface area (Å²) >= 11 is 0. The molecule has 0 unspecified atom stereocenters. The van der Waals surface area contributed by atoms with Crippen molar-refractivity contribution in [1.29, 1.82) is 0 Å². The molecule has 2 heterocycles. The predicted molar refractivity (Wildman–Crippen MR) is 356 cm³/mol. The first-order chi connectivity index (χ1) is 42.7. The molecule has 522 valence electrons. The molecule has 1 aromatic heterocycles. The highest BCUT2D eigenvalue weighted by atomic mass is 16.5. The molecular weight excluding hydrogens is 1170 g/mol. The number of rotatable bonds is 18. The summed E-state index contributed by atoms with van der Waals surface area (Å²) in [6.07, 6.45) is 1.92. The lowest BCUT2D eigenvalue weighted by Crippen LogP contribution is -2.62. The Labute approximate surface area is 551 Å². The Balaban J connectivity index is 2.99. The Morgan fingerprint density at radius 2 is 0.935 bits per heavy atom. The summed E-state index contributed by atoms with van der Waals surface area (Å²) in [6.45, 7) is 30.7. The number of amides is 8. The summed E-state index contributed by atoms with van der Waals surface area (Å²) in [6, 6.07) is -5.83. The van der Waals surface area contributed by atoms with E-state index in [9.17, 15) is 38.7 Å². The predicted octanol–water partition coefficient (Wildman–Crippen LogP) is 6.97. The molecule has 13 atom stereocenters. The number of aromatic nitrogens is 1. The number of hydrogen-bond donors (Lipinski definition) is 2. The van der Waals surface area contributed by atoms with Gasteiger partial charge < -0.3 is 49.5 Å². The van der Waals surface area contributed by atoms with Crippen LogP contribution in [0.25, 0.3) is 0 Å². The van der Waals surface area contributed by atoms with E-state index in [0.29, 0.717) is 0 Å². The summed E-state index contributed by atoms with van der Waals surface area (Å²) in [5.74, 6) is -11.2. The number of Topliss-reactive ketones (excluding diaryl/α,β-unsaturated/α-hetero) is 3. The standard InChI is InChI=1S/C70H119N9O13/c1-25-51-37-59(82)61(62(83)46(14)28-31-92-39-50-26-29-71-30-27-50)79(24)70(91)60(45(12)13)78(23)69(90)56(35-43(8)9)77(22)68(89)55(34-42(6)7)76(21)64(85)48(16)72-63(84)47(15)36-57(80)53(32-40(2)3)75(20)67(88)52(44(10)11)38-58(81)54(33-41(4)5)74(19)65(86)49(17)73(18)66(51)87/h26-27,29-30,40-49,51-56,60-62,83H,25,28,31-39H2,1-24H3,(H,72,84)/t46-,47+,48+,49-,51+,52-,53-,54+,55-,56-,60-,61+,62-/m1/s1. The fraction of sp³-hybridized carbons (Fsp3) is 0.771. The molecule has 0 aromatic carbocycles. The summed E-state index contributed by atoms with van der Waals surface area (Å²) in [5.41, 5.74) is 0.875. The van der Waals surface area contributed by atoms with Gasteiger partial charge in [0, 0.05) is 105 Å². The topological polar surface area (TPSA) is 265 Å². The van der Waals surface area contributed by atoms with Crippen LogP contribution in [-0.2, 0) is 64.1 Å². The Morgan fingerprint density at radius 3 is 1.40 bits per heavy atom. The summed E-state index contributed by atoms with van der Waals surface area (Å²) < 4.78 is 5.97. The normalized spacial score (nSPS) is 26.7. The third kappa shape index (κ3) is 22.8. The quantitative estimate of drug-likeness (QED) is 0.141. The highest BCUT2D eigenvalue weighted by Crippen LogP contribution is 2.30. The first-order valence-electron chi connectivity index (χ1n) is 33.6. The van der Waals surface area contributed by atoms with E-state index in [2.05, 4.69) is 10.3 Å². The van der Waals surface area contributed by atoms with Crippen LogP contribution in [0.1, 0.15) is 181 Å². The van der Waals surface area contributed by atoms with Crippen molar-refractivity contribution in [2.75, 3.05) is 55.9 Å². The van der Waals surface area contributed by atoms with Crippen LogP contribution in [0.5, 0.6) is 0 Å². The van der Waals surface area contributed by atoms with E-state index in [4.69, 9.17) is 4.74 Å². The largest absolute Gasteiger partial charge is 0.390 e. The van der Waals surface area contributed by atoms with Crippen LogP contribution >= 0.6 is 0 Å². The van der Waals surface area contributed by atoms with Crippen LogP contribution in [0.3, 0.4) is 0 Å². The van der Waals surface area contributed by atoms with Crippen LogP contribution < -0.4 is 5.32 Å². The second-order valence-electron chi connectivity index (χ2n) is 28.8. The molecule has 2 rings (SSSR count). The number of carbonyl (C=O) groups excluding carboxylic acids is 11. The van der Waals surface area contributed by atoms with E-state index in [-0.39, 0.29) is 88.3 Å². The third-order valence-electron chi connectivity index (χ3n) is 18.5. The highest BCUT2D eigenvalue weighted by molar-refractivity contribution is 6.00. The fourth-order valence-electron chi connectivity index (χ4n) is 12.4. The first kappa shape index (κ1) is 81.9. The zero-order valence-electron chi connectivity index (χ0n) is 60.5. The molecule has 1 aliphatic heterocycles. The van der Waals surface area contributed by atoms with E-state index in [1.807, 2.05) is 67.5 Å². The molecule has 92 heavy (non-hydrogen) atoms. The van der Waals surface area contributed by atoms with Gasteiger partial charge in [-0.25, -0.2) is 0 Å². The molecular formula is C70H119N9O13. The number of likely N-dealkylation sites (N-methyl/N-ethyl adjacent to an activating group) is 7. The van der Waals surface area contributed by atoms with Gasteiger partial charge in [-0.1, -0.05) is 104 Å². The van der Waals surface area contributed by atoms with E-state index < -0.39 is 161 Å². The fourth-order valence-corrected chi connectivity index (χ4v) is 12.4. The van der Waals surface area contributed by atoms with E-state index in [1.165, 1.54) is 92.6 Å². The van der Waals surface area contributed by atoms with Crippen molar-refractivity contribution >= 4 is 64.6 Å². The molecule has 1 saturated heterocycles. The average molecular weight is 1290 g/mol. The lowest BCUT2D eigenvalue weighted by Gasteiger charge is -2.41. The van der Waals surface area contributed by atoms with Crippen molar-refractivity contribution in [2.45, 2.75) is 237 Å². The molecule has 22 nitrogen and oxygen atoms in total. The third-order valence-corrected chi connectivity index (χ3v) is 18.5. The van der Waals surface area contributed by atoms with Crippen LogP contribution in [0, 0.1) is 59.2 Å². The maximum Gasteiger partial charge on any atom is 0.246 e. The number of nitrogens with one attached hydrogen (secondary N) is 1. The second kappa shape index (κ2) is 37.7. The smallest absolute Gasteiger partial charge is 0.246 e. The van der Waals surface area contributed by atoms with E-state index >= 15 is 19.2 Å². The van der Waals surface area contributed by atoms with Gasteiger partial charge in [-0.15, -0.1) is 0 Å². The van der Waals surface area contributed by atoms with Crippen molar-refractivity contribution in [1.82, 2.24) is 44.6 Å². The van der Waals surface area contributed by atoms with Gasteiger partial charge >= 0.3 is 0 Å². The van der Waals surface area contributed by atoms with Crippen molar-refractivity contribution in [3.05, 3.63) is 30.1 Å². The number of aliphatic hydroxyl groups excluding tert-OH is 1. The second-order valence-corrected chi connectivity index (χ2v) is 28.8. The van der Waals surface area contributed by atoms with Gasteiger partial charge in [0.15, 0.2) is 17.3 Å². The van der Waals surface area contributed by atoms with Gasteiger partial charge in [-0.05, 0) is 111 Å². The maximum absolute atomic E-state index is 15.4. The Bertz CT molecular complexity index is 2630. The number of ether oxygens (including phenoxy) is 1. The molecule has 1 aromatic rings. The van der Waals surface area contributed by atoms with Gasteiger partial charge in [0.25, 0.3) is 0 Å². The minimum atomic E-state index is -1.56. The van der Waals surface area contributed by atoms with E-state index in [1.54, 1.807) is 60.9 Å². The minimum Gasteiger partial charge on any atom is -0.390 e. The van der Waals surface area contributed by atoms with Gasteiger partial charge in [0.05, 0.1) is 24.8 Å². The molecule has 0 radical (unpaired) electrons. The number of nitrogens with zero attached hydrogens (tertiary/aromatic N) is 8. The summed E-state index contributed by atoms with van der Waals surface area (Å²) in [4.78, 5) is 176. The van der Waals surface area contributed by atoms with Gasteiger partial charge in [0.2, 0.25) is 47.3 Å². The lowest BCUT2D eigenvalue weighted by molar-refractivity contribution is -0.157. The molecule has 2 N–H and O–H groups in total. The van der Waals surface area contributed by atoms with Crippen LogP contribution in [0.15, 0.2) is 24.5 Å². The van der Waals surface area contributed by atoms with Gasteiger partial charge in [-0.3, -0.25) is 57.7 Å². The maximum atomic E-state index is 15.4. The molecule has 0 aliphatic carbocycles. The summed E-state index contributed by atoms with van der Waals surface area (Å²) in [5, 5.41) is 15.2. The van der Waals surface area contributed by atoms with Gasteiger partial charge in [-0.2, -0.15) is 0 Å². The van der Waals surface area contributed by atoms with E-state index in [0.717, 1.165) is 10.5 Å². The van der Waals surface area contributed by atoms with Crippen molar-refractivity contribution < 1.29 is 62.6 Å². The molecule has 22 heteroatoms. The minimum absolute atomic E-state index is 0.0750. The molecule has 0 spiro atoms. The Kier molecular flexibility index (Phi) is 33.5. The molecule has 0 bridgehead atoms. The molecule has 1 aliphatic rings. The first-order valence-corrected chi connectivity index (χ1v) is 33.6. The average Bonchev–Trinajstić information content (AvgIpc) is 0.824. The SMILES string of the molecule is CC[C@H]1CC(=O)[C@@H]([C@H](O)[C@H](C)CCOCc2ccncc2)N(C)C(=O)[C@@H](C(C)C)N(C)C(=O)[C@@H](CC(C)C)N(C)C(=O)[C@@H](CC(C)C)N(C)C(=O)[C@H](C)NC(=O)[C@@H](C)CC(=O)[C@@H](CC(C)C)N(C)C(=O)[C@@H](C(C)C)CC(=O)[C@H](CC(C)C)N(C)C(=O)[C@@H](C)N(C)C1=O. The van der Waals surface area contributed by atoms with Crippen molar-refractivity contribution in [2.24, 2.45) is 59.2 Å². The number of hydrogen-bond acceptors (Lipinski definition) is 14. The monoisotopic (exact) mass is 1290 g/mol. The molecule has 0 saturated carbocycles. The van der Waals surface area contributed by atoms with Crippen LogP contribution in [0.4, 0.5) is 0 Å². The number of pyridine rings is 1.